The fourth-order valence-corrected chi connectivity index (χ4v) is 5.21. The maximum Gasteiger partial charge on any atom is 0.408 e. The van der Waals surface area contributed by atoms with Crippen molar-refractivity contribution in [3.8, 4) is 11.5 Å². The van der Waals surface area contributed by atoms with Crippen LogP contribution in [-0.2, 0) is 36.7 Å². The topological polar surface area (TPSA) is 175 Å². The van der Waals surface area contributed by atoms with Crippen LogP contribution in [0, 0.1) is 6.92 Å². The maximum atomic E-state index is 14.6. The van der Waals surface area contributed by atoms with Gasteiger partial charge in [0.1, 0.15) is 40.8 Å². The number of ether oxygens (including phenoxy) is 2. The number of benzene rings is 3. The van der Waals surface area contributed by atoms with Gasteiger partial charge in [0.25, 0.3) is 0 Å². The van der Waals surface area contributed by atoms with Crippen molar-refractivity contribution in [2.75, 3.05) is 13.2 Å². The molecule has 0 bridgehead atoms. The van der Waals surface area contributed by atoms with Gasteiger partial charge in [-0.2, -0.15) is 0 Å². The predicted molar refractivity (Wildman–Crippen MR) is 187 cm³/mol. The highest BCUT2D eigenvalue weighted by Gasteiger charge is 2.39. The molecular weight excluding hydrogens is 642 g/mol. The smallest absolute Gasteiger partial charge is 0.408 e. The minimum Gasteiger partial charge on any atom is -0.508 e. The Morgan fingerprint density at radius 1 is 0.740 bits per heavy atom. The number of esters is 1. The van der Waals surface area contributed by atoms with Crippen LogP contribution in [0.2, 0.25) is 0 Å². The van der Waals surface area contributed by atoms with Crippen LogP contribution >= 0.6 is 0 Å². The first-order valence-electron chi connectivity index (χ1n) is 16.4. The third-order valence-corrected chi connectivity index (χ3v) is 7.40. The monoisotopic (exact) mass is 691 g/mol. The lowest BCUT2D eigenvalue weighted by Gasteiger charge is -2.35. The fraction of sp³-hybridized carbons (Fsp3) is 0.421. The molecule has 3 aromatic carbocycles. The molecule has 0 radical (unpaired) electrons. The lowest BCUT2D eigenvalue weighted by Crippen LogP contribution is -2.56. The SMILES string of the molecule is Cc1cccc(C(C(=O)NC(Cc2ccccc2)C(=O)OC(C)(C)C)N(CCO)C(=O)C(Cc2ccc(O)cc2)NC(=O)OC(C)(C)C)c1O. The van der Waals surface area contributed by atoms with Gasteiger partial charge >= 0.3 is 12.1 Å². The molecule has 0 aliphatic carbocycles. The Morgan fingerprint density at radius 3 is 1.90 bits per heavy atom. The number of aliphatic hydroxyl groups excluding tert-OH is 1. The number of aromatic hydroxyl groups is 2. The number of phenols is 2. The summed E-state index contributed by atoms with van der Waals surface area (Å²) < 4.78 is 11.1. The number of hydrogen-bond donors (Lipinski definition) is 5. The van der Waals surface area contributed by atoms with Crippen molar-refractivity contribution in [2.24, 2.45) is 0 Å². The second-order valence-corrected chi connectivity index (χ2v) is 14.0. The van der Waals surface area contributed by atoms with E-state index in [1.807, 2.05) is 6.07 Å². The highest BCUT2D eigenvalue weighted by molar-refractivity contribution is 5.94. The van der Waals surface area contributed by atoms with Crippen molar-refractivity contribution in [3.63, 3.8) is 0 Å². The number of rotatable bonds is 13. The van der Waals surface area contributed by atoms with Crippen molar-refractivity contribution in [1.82, 2.24) is 15.5 Å². The molecule has 3 amide bonds. The lowest BCUT2D eigenvalue weighted by molar-refractivity contribution is -0.159. The molecule has 0 saturated heterocycles. The van der Waals surface area contributed by atoms with Crippen LogP contribution in [0.15, 0.2) is 72.8 Å². The number of carbonyl (C=O) groups is 4. The van der Waals surface area contributed by atoms with Gasteiger partial charge in [-0.3, -0.25) is 9.59 Å². The average Bonchev–Trinajstić information content (AvgIpc) is 3.01. The summed E-state index contributed by atoms with van der Waals surface area (Å²) in [6, 6.07) is 15.6. The standard InChI is InChI=1S/C38H49N3O9/c1-24-12-11-15-28(32(24)44)31(33(45)39-30(35(47)49-37(2,3)4)23-25-13-9-8-10-14-25)41(20-21-42)34(46)29(40-36(48)50-38(5,6)7)22-26-16-18-27(43)19-17-26/h8-19,29-31,42-44H,20-23H2,1-7H3,(H,39,45)(H,40,48). The first-order valence-corrected chi connectivity index (χ1v) is 16.4. The Kier molecular flexibility index (Phi) is 13.4. The molecule has 0 fully saturated rings. The number of hydrogen-bond acceptors (Lipinski definition) is 9. The summed E-state index contributed by atoms with van der Waals surface area (Å²) in [5.74, 6) is -2.59. The van der Waals surface area contributed by atoms with Gasteiger partial charge in [0.15, 0.2) is 0 Å². The molecule has 5 N–H and O–H groups in total. The number of amides is 3. The number of nitrogens with zero attached hydrogens (tertiary/aromatic N) is 1. The van der Waals surface area contributed by atoms with Crippen LogP contribution in [0.3, 0.4) is 0 Å². The first kappa shape index (κ1) is 39.3. The summed E-state index contributed by atoms with van der Waals surface area (Å²) in [7, 11) is 0. The van der Waals surface area contributed by atoms with E-state index in [2.05, 4.69) is 10.6 Å². The molecule has 0 aliphatic rings. The van der Waals surface area contributed by atoms with Crippen LogP contribution in [0.5, 0.6) is 11.5 Å². The zero-order valence-corrected chi connectivity index (χ0v) is 29.7. The normalized spacial score (nSPS) is 13.4. The number of nitrogens with one attached hydrogen (secondary N) is 2. The molecule has 0 saturated carbocycles. The quantitative estimate of drug-likeness (QED) is 0.162. The summed E-state index contributed by atoms with van der Waals surface area (Å²) in [4.78, 5) is 56.6. The Bertz CT molecular complexity index is 1610. The number of para-hydroxylation sites is 1. The molecule has 50 heavy (non-hydrogen) atoms. The molecule has 0 heterocycles. The average molecular weight is 692 g/mol. The third-order valence-electron chi connectivity index (χ3n) is 7.40. The van der Waals surface area contributed by atoms with Gasteiger partial charge in [-0.25, -0.2) is 9.59 Å². The second-order valence-electron chi connectivity index (χ2n) is 14.0. The van der Waals surface area contributed by atoms with Crippen molar-refractivity contribution in [3.05, 3.63) is 95.1 Å². The third kappa shape index (κ3) is 11.8. The Labute approximate surface area is 293 Å². The number of aryl methyl sites for hydroxylation is 1. The number of aliphatic hydroxyl groups is 1. The van der Waals surface area contributed by atoms with Crippen LogP contribution < -0.4 is 10.6 Å². The van der Waals surface area contributed by atoms with Crippen molar-refractivity contribution in [2.45, 2.75) is 90.6 Å². The summed E-state index contributed by atoms with van der Waals surface area (Å²) in [6.07, 6.45) is -0.917. The van der Waals surface area contributed by atoms with Crippen LogP contribution in [0.4, 0.5) is 4.79 Å². The van der Waals surface area contributed by atoms with Crippen LogP contribution in [0.1, 0.15) is 69.8 Å². The molecule has 3 unspecified atom stereocenters. The summed E-state index contributed by atoms with van der Waals surface area (Å²) in [6.45, 7) is 10.8. The van der Waals surface area contributed by atoms with E-state index in [9.17, 15) is 34.5 Å². The summed E-state index contributed by atoms with van der Waals surface area (Å²) in [5, 5.41) is 36.6. The largest absolute Gasteiger partial charge is 0.508 e. The first-order chi connectivity index (χ1) is 23.4. The number of carbonyl (C=O) groups excluding carboxylic acids is 4. The van der Waals surface area contributed by atoms with E-state index >= 15 is 0 Å². The molecule has 3 atom stereocenters. The van der Waals surface area contributed by atoms with Crippen LogP contribution in [0.25, 0.3) is 0 Å². The fourth-order valence-electron chi connectivity index (χ4n) is 5.21. The van der Waals surface area contributed by atoms with E-state index in [0.29, 0.717) is 11.1 Å². The number of alkyl carbamates (subject to hydrolysis) is 1. The number of phenolic OH excluding ortho intramolecular Hbond substituents is 2. The predicted octanol–water partition coefficient (Wildman–Crippen LogP) is 4.47. The van der Waals surface area contributed by atoms with E-state index in [1.54, 1.807) is 97.0 Å². The molecule has 0 aliphatic heterocycles. The molecule has 3 aromatic rings. The highest BCUT2D eigenvalue weighted by Crippen LogP contribution is 2.33. The van der Waals surface area contributed by atoms with E-state index in [1.165, 1.54) is 18.2 Å². The minimum absolute atomic E-state index is 0.000312. The van der Waals surface area contributed by atoms with Crippen molar-refractivity contribution in [1.29, 1.82) is 0 Å². The minimum atomic E-state index is -1.57. The maximum absolute atomic E-state index is 14.6. The zero-order chi connectivity index (χ0) is 37.2. The van der Waals surface area contributed by atoms with Gasteiger partial charge in [0.05, 0.1) is 6.61 Å². The van der Waals surface area contributed by atoms with E-state index in [0.717, 1.165) is 10.5 Å². The van der Waals surface area contributed by atoms with Crippen molar-refractivity contribution >= 4 is 23.9 Å². The highest BCUT2D eigenvalue weighted by atomic mass is 16.6. The van der Waals surface area contributed by atoms with E-state index in [-0.39, 0.29) is 36.4 Å². The molecule has 270 valence electrons. The Balaban J connectivity index is 2.12. The summed E-state index contributed by atoms with van der Waals surface area (Å²) >= 11 is 0. The second kappa shape index (κ2) is 17.0. The van der Waals surface area contributed by atoms with Gasteiger partial charge in [0.2, 0.25) is 11.8 Å². The van der Waals surface area contributed by atoms with E-state index in [4.69, 9.17) is 9.47 Å². The zero-order valence-electron chi connectivity index (χ0n) is 29.7. The Morgan fingerprint density at radius 2 is 1.32 bits per heavy atom. The summed E-state index contributed by atoms with van der Waals surface area (Å²) in [5.41, 5.74) is -0.0270. The molecule has 12 heteroatoms. The van der Waals surface area contributed by atoms with Gasteiger partial charge in [-0.15, -0.1) is 0 Å². The molecule has 0 spiro atoms. The van der Waals surface area contributed by atoms with Gasteiger partial charge in [-0.05, 0) is 77.3 Å². The van der Waals surface area contributed by atoms with Gasteiger partial charge in [0, 0.05) is 24.9 Å². The lowest BCUT2D eigenvalue weighted by atomic mass is 9.97. The molecule has 12 nitrogen and oxygen atoms in total. The Hall–Kier alpha value is -5.10. The van der Waals surface area contributed by atoms with Crippen molar-refractivity contribution < 1.29 is 44.0 Å². The van der Waals surface area contributed by atoms with Gasteiger partial charge in [-0.1, -0.05) is 60.7 Å². The molecule has 3 rings (SSSR count). The van der Waals surface area contributed by atoms with Crippen LogP contribution in [-0.4, -0.2) is 80.5 Å². The van der Waals surface area contributed by atoms with Gasteiger partial charge < -0.3 is 40.3 Å². The molecule has 0 aromatic heterocycles. The van der Waals surface area contributed by atoms with E-state index < -0.39 is 59.8 Å². The molecular formula is C38H49N3O9.